The fourth-order valence-corrected chi connectivity index (χ4v) is 3.22. The van der Waals surface area contributed by atoms with Crippen LogP contribution in [-0.4, -0.2) is 22.3 Å². The number of benzene rings is 2. The van der Waals surface area contributed by atoms with Crippen LogP contribution in [0.25, 0.3) is 6.08 Å². The van der Waals surface area contributed by atoms with Crippen molar-refractivity contribution < 1.29 is 13.9 Å². The van der Waals surface area contributed by atoms with Gasteiger partial charge in [-0.05, 0) is 49.8 Å². The summed E-state index contributed by atoms with van der Waals surface area (Å²) in [6, 6.07) is 14.9. The van der Waals surface area contributed by atoms with Gasteiger partial charge in [0.05, 0.1) is 24.5 Å². The summed E-state index contributed by atoms with van der Waals surface area (Å²) in [5.74, 6) is -0.404. The Hall–Kier alpha value is -3.63. The lowest BCUT2D eigenvalue weighted by molar-refractivity contribution is -0.112. The topological polar surface area (TPSA) is 79.9 Å². The van der Waals surface area contributed by atoms with Crippen molar-refractivity contribution >= 4 is 29.3 Å². The molecule has 0 unspecified atom stereocenters. The summed E-state index contributed by atoms with van der Waals surface area (Å²) in [4.78, 5) is 12.7. The number of hydrogen-bond donors (Lipinski definition) is 1. The fraction of sp³-hybridized carbons (Fsp3) is 0.174. The van der Waals surface area contributed by atoms with Gasteiger partial charge in [0.25, 0.3) is 5.91 Å². The molecule has 0 aliphatic rings. The number of rotatable bonds is 7. The van der Waals surface area contributed by atoms with Crippen molar-refractivity contribution in [3.05, 3.63) is 81.9 Å². The molecular formula is C23H20ClFN4O2. The number of nitrogens with zero attached hydrogens (tertiary/aromatic N) is 3. The molecule has 158 valence electrons. The monoisotopic (exact) mass is 438 g/mol. The summed E-state index contributed by atoms with van der Waals surface area (Å²) in [6.07, 6.45) is 1.41. The number of aromatic nitrogens is 2. The smallest absolute Gasteiger partial charge is 0.266 e. The number of ether oxygens (including phenoxy) is 1. The van der Waals surface area contributed by atoms with Crippen molar-refractivity contribution in [3.63, 3.8) is 0 Å². The molecule has 31 heavy (non-hydrogen) atoms. The van der Waals surface area contributed by atoms with Crippen LogP contribution in [0.15, 0.2) is 54.1 Å². The Morgan fingerprint density at radius 2 is 2.00 bits per heavy atom. The van der Waals surface area contributed by atoms with E-state index in [2.05, 4.69) is 10.4 Å². The van der Waals surface area contributed by atoms with Gasteiger partial charge in [0, 0.05) is 5.56 Å². The van der Waals surface area contributed by atoms with Crippen LogP contribution in [0.4, 0.5) is 10.1 Å². The van der Waals surface area contributed by atoms with Gasteiger partial charge >= 0.3 is 0 Å². The first-order chi connectivity index (χ1) is 14.9. The van der Waals surface area contributed by atoms with E-state index >= 15 is 0 Å². The molecule has 2 aromatic carbocycles. The normalized spacial score (nSPS) is 11.1. The highest BCUT2D eigenvalue weighted by atomic mass is 35.5. The molecule has 0 atom stereocenters. The zero-order chi connectivity index (χ0) is 22.4. The number of hydrogen-bond acceptors (Lipinski definition) is 4. The molecule has 1 aromatic heterocycles. The highest BCUT2D eigenvalue weighted by Gasteiger charge is 2.17. The van der Waals surface area contributed by atoms with Crippen LogP contribution in [-0.2, 0) is 11.3 Å². The van der Waals surface area contributed by atoms with Crippen molar-refractivity contribution in [1.82, 2.24) is 9.78 Å². The largest absolute Gasteiger partial charge is 0.492 e. The van der Waals surface area contributed by atoms with Crippen molar-refractivity contribution in [2.45, 2.75) is 20.4 Å². The van der Waals surface area contributed by atoms with Crippen LogP contribution >= 0.6 is 11.6 Å². The Balaban J connectivity index is 1.85. The number of carbonyl (C=O) groups excluding carboxylic acids is 1. The maximum absolute atomic E-state index is 13.1. The van der Waals surface area contributed by atoms with Crippen LogP contribution in [0.2, 0.25) is 5.15 Å². The van der Waals surface area contributed by atoms with Crippen LogP contribution < -0.4 is 10.1 Å². The van der Waals surface area contributed by atoms with Gasteiger partial charge in [0.15, 0.2) is 0 Å². The average Bonchev–Trinajstić information content (AvgIpc) is 3.02. The summed E-state index contributed by atoms with van der Waals surface area (Å²) < 4.78 is 20.2. The molecule has 8 heteroatoms. The van der Waals surface area contributed by atoms with Gasteiger partial charge in [0.2, 0.25) is 0 Å². The van der Waals surface area contributed by atoms with Gasteiger partial charge < -0.3 is 10.1 Å². The minimum atomic E-state index is -0.587. The average molecular weight is 439 g/mol. The Morgan fingerprint density at radius 1 is 1.29 bits per heavy atom. The summed E-state index contributed by atoms with van der Waals surface area (Å²) >= 11 is 6.46. The Labute approximate surface area is 184 Å². The zero-order valence-corrected chi connectivity index (χ0v) is 17.8. The summed E-state index contributed by atoms with van der Waals surface area (Å²) in [7, 11) is 0. The number of aryl methyl sites for hydroxylation is 1. The highest BCUT2D eigenvalue weighted by molar-refractivity contribution is 6.31. The SMILES string of the molecule is CCOc1ccccc1NC(=O)/C(C#N)=C/c1c(C)nn(Cc2ccc(F)cc2)c1Cl. The van der Waals surface area contributed by atoms with Crippen LogP contribution in [0.1, 0.15) is 23.7 Å². The summed E-state index contributed by atoms with van der Waals surface area (Å²) in [6.45, 7) is 4.34. The minimum Gasteiger partial charge on any atom is -0.492 e. The number of nitrogens with one attached hydrogen (secondary N) is 1. The van der Waals surface area contributed by atoms with E-state index in [9.17, 15) is 14.4 Å². The molecule has 3 rings (SSSR count). The van der Waals surface area contributed by atoms with E-state index in [1.807, 2.05) is 13.0 Å². The van der Waals surface area contributed by atoms with Crippen molar-refractivity contribution in [2.24, 2.45) is 0 Å². The first-order valence-electron chi connectivity index (χ1n) is 9.55. The first kappa shape index (κ1) is 22.1. The molecule has 0 saturated heterocycles. The number of anilines is 1. The van der Waals surface area contributed by atoms with E-state index in [4.69, 9.17) is 16.3 Å². The van der Waals surface area contributed by atoms with Crippen LogP contribution in [0, 0.1) is 24.1 Å². The maximum Gasteiger partial charge on any atom is 0.266 e. The summed E-state index contributed by atoms with van der Waals surface area (Å²) in [5.41, 5.74) is 2.17. The number of nitriles is 1. The third-order valence-electron chi connectivity index (χ3n) is 4.44. The van der Waals surface area contributed by atoms with Crippen molar-refractivity contribution in [1.29, 1.82) is 5.26 Å². The molecule has 6 nitrogen and oxygen atoms in total. The second-order valence-corrected chi connectivity index (χ2v) is 6.99. The van der Waals surface area contributed by atoms with Gasteiger partial charge in [-0.15, -0.1) is 0 Å². The van der Waals surface area contributed by atoms with E-state index < -0.39 is 5.91 Å². The number of para-hydroxylation sites is 2. The predicted octanol–water partition coefficient (Wildman–Crippen LogP) is 4.98. The van der Waals surface area contributed by atoms with E-state index in [0.29, 0.717) is 35.8 Å². The Morgan fingerprint density at radius 3 is 2.68 bits per heavy atom. The molecule has 0 aliphatic carbocycles. The first-order valence-corrected chi connectivity index (χ1v) is 9.93. The molecule has 1 N–H and O–H groups in total. The molecule has 1 heterocycles. The molecule has 3 aromatic rings. The second-order valence-electron chi connectivity index (χ2n) is 6.63. The van der Waals surface area contributed by atoms with E-state index in [-0.39, 0.29) is 16.5 Å². The lowest BCUT2D eigenvalue weighted by atomic mass is 10.1. The molecule has 1 amide bonds. The standard InChI is InChI=1S/C23H20ClFN4O2/c1-3-31-21-7-5-4-6-20(21)27-23(30)17(13-26)12-19-15(2)28-29(22(19)24)14-16-8-10-18(25)11-9-16/h4-12H,3,14H2,1-2H3,(H,27,30)/b17-12+. The minimum absolute atomic E-state index is 0.127. The van der Waals surface area contributed by atoms with E-state index in [1.165, 1.54) is 22.9 Å². The molecule has 0 aliphatic heterocycles. The number of amides is 1. The van der Waals surface area contributed by atoms with Gasteiger partial charge in [-0.3, -0.25) is 4.79 Å². The molecule has 0 radical (unpaired) electrons. The predicted molar refractivity (Wildman–Crippen MR) is 117 cm³/mol. The molecule has 0 saturated carbocycles. The van der Waals surface area contributed by atoms with Gasteiger partial charge in [0.1, 0.15) is 28.4 Å². The highest BCUT2D eigenvalue weighted by Crippen LogP contribution is 2.26. The van der Waals surface area contributed by atoms with Gasteiger partial charge in [-0.25, -0.2) is 9.07 Å². The van der Waals surface area contributed by atoms with E-state index in [1.54, 1.807) is 43.3 Å². The van der Waals surface area contributed by atoms with Gasteiger partial charge in [-0.2, -0.15) is 10.4 Å². The molecule has 0 bridgehead atoms. The van der Waals surface area contributed by atoms with Crippen molar-refractivity contribution in [3.8, 4) is 11.8 Å². The van der Waals surface area contributed by atoms with Crippen molar-refractivity contribution in [2.75, 3.05) is 11.9 Å². The Kier molecular flexibility index (Phi) is 7.06. The Bertz CT molecular complexity index is 1160. The summed E-state index contributed by atoms with van der Waals surface area (Å²) in [5, 5.41) is 16.9. The molecular weight excluding hydrogens is 419 g/mol. The second kappa shape index (κ2) is 9.92. The van der Waals surface area contributed by atoms with Crippen LogP contribution in [0.5, 0.6) is 5.75 Å². The zero-order valence-electron chi connectivity index (χ0n) is 17.0. The lowest BCUT2D eigenvalue weighted by Crippen LogP contribution is -2.14. The maximum atomic E-state index is 13.1. The third-order valence-corrected chi connectivity index (χ3v) is 4.84. The molecule has 0 fully saturated rings. The third kappa shape index (κ3) is 5.30. The van der Waals surface area contributed by atoms with Gasteiger partial charge in [-0.1, -0.05) is 35.9 Å². The fourth-order valence-electron chi connectivity index (χ4n) is 2.93. The van der Waals surface area contributed by atoms with E-state index in [0.717, 1.165) is 5.56 Å². The molecule has 0 spiro atoms. The lowest BCUT2D eigenvalue weighted by Gasteiger charge is -2.10. The number of halogens is 2. The number of carbonyl (C=O) groups is 1. The van der Waals surface area contributed by atoms with Crippen LogP contribution in [0.3, 0.4) is 0 Å². The quantitative estimate of drug-likeness (QED) is 0.417.